The quantitative estimate of drug-likeness (QED) is 0.583. The van der Waals surface area contributed by atoms with E-state index >= 15 is 0 Å². The number of aldehydes is 1. The van der Waals surface area contributed by atoms with Crippen molar-refractivity contribution < 1.29 is 9.18 Å². The second-order valence-electron chi connectivity index (χ2n) is 2.93. The fraction of sp³-hybridized carbons (Fsp3) is 0. The summed E-state index contributed by atoms with van der Waals surface area (Å²) in [5.74, 6) is -0.434. The van der Waals surface area contributed by atoms with Gasteiger partial charge < -0.3 is 0 Å². The van der Waals surface area contributed by atoms with E-state index in [0.717, 1.165) is 8.96 Å². The molecule has 0 saturated heterocycles. The maximum atomic E-state index is 13.6. The van der Waals surface area contributed by atoms with E-state index in [9.17, 15) is 9.18 Å². The molecule has 1 nitrogen and oxygen atoms in total. The van der Waals surface area contributed by atoms with Gasteiger partial charge in [0.2, 0.25) is 0 Å². The standard InChI is InChI=1S/C11H6FIO/c12-11-7(6-14)5-10(13)8-3-1-2-4-9(8)11/h1-6H. The van der Waals surface area contributed by atoms with Crippen molar-refractivity contribution in [2.45, 2.75) is 0 Å². The molecule has 0 aliphatic carbocycles. The van der Waals surface area contributed by atoms with E-state index in [1.54, 1.807) is 18.2 Å². The highest BCUT2D eigenvalue weighted by Crippen LogP contribution is 2.25. The summed E-state index contributed by atoms with van der Waals surface area (Å²) >= 11 is 2.10. The zero-order valence-corrected chi connectivity index (χ0v) is 9.29. The Hall–Kier alpha value is -0.970. The highest BCUT2D eigenvalue weighted by atomic mass is 127. The first-order valence-corrected chi connectivity index (χ1v) is 5.14. The fourth-order valence-electron chi connectivity index (χ4n) is 1.40. The van der Waals surface area contributed by atoms with Crippen LogP contribution in [-0.4, -0.2) is 6.29 Å². The molecule has 0 radical (unpaired) electrons. The van der Waals surface area contributed by atoms with Gasteiger partial charge in [0.1, 0.15) is 5.82 Å². The first-order chi connectivity index (χ1) is 6.74. The zero-order chi connectivity index (χ0) is 10.1. The maximum Gasteiger partial charge on any atom is 0.153 e. The minimum absolute atomic E-state index is 0.119. The van der Waals surface area contributed by atoms with Crippen molar-refractivity contribution in [2.24, 2.45) is 0 Å². The van der Waals surface area contributed by atoms with Gasteiger partial charge in [-0.25, -0.2) is 4.39 Å². The Kier molecular flexibility index (Phi) is 2.50. The number of rotatable bonds is 1. The molecule has 0 aromatic heterocycles. The highest BCUT2D eigenvalue weighted by molar-refractivity contribution is 14.1. The molecular weight excluding hydrogens is 294 g/mol. The monoisotopic (exact) mass is 300 g/mol. The third-order valence-electron chi connectivity index (χ3n) is 2.08. The molecule has 0 atom stereocenters. The summed E-state index contributed by atoms with van der Waals surface area (Å²) in [5.41, 5.74) is 0.119. The van der Waals surface area contributed by atoms with Crippen LogP contribution in [0.3, 0.4) is 0 Å². The molecule has 0 saturated carbocycles. The molecule has 0 fully saturated rings. The number of hydrogen-bond donors (Lipinski definition) is 0. The summed E-state index contributed by atoms with van der Waals surface area (Å²) in [6.45, 7) is 0. The smallest absolute Gasteiger partial charge is 0.153 e. The molecule has 70 valence electrons. The molecule has 0 N–H and O–H groups in total. The first kappa shape index (κ1) is 9.58. The molecule has 3 heteroatoms. The maximum absolute atomic E-state index is 13.6. The number of benzene rings is 2. The van der Waals surface area contributed by atoms with Crippen LogP contribution in [0.4, 0.5) is 4.39 Å². The number of halogens is 2. The van der Waals surface area contributed by atoms with Crippen molar-refractivity contribution in [1.82, 2.24) is 0 Å². The molecule has 0 aliphatic rings. The van der Waals surface area contributed by atoms with Gasteiger partial charge in [0, 0.05) is 8.96 Å². The van der Waals surface area contributed by atoms with Crippen LogP contribution < -0.4 is 0 Å². The molecular formula is C11H6FIO. The van der Waals surface area contributed by atoms with E-state index < -0.39 is 5.82 Å². The Morgan fingerprint density at radius 2 is 1.86 bits per heavy atom. The minimum Gasteiger partial charge on any atom is -0.298 e. The van der Waals surface area contributed by atoms with E-state index in [0.29, 0.717) is 11.7 Å². The van der Waals surface area contributed by atoms with Gasteiger partial charge in [-0.2, -0.15) is 0 Å². The lowest BCUT2D eigenvalue weighted by atomic mass is 10.1. The average molecular weight is 300 g/mol. The molecule has 2 rings (SSSR count). The molecule has 0 unspecified atom stereocenters. The molecule has 2 aromatic carbocycles. The second kappa shape index (κ2) is 3.65. The number of hydrogen-bond acceptors (Lipinski definition) is 1. The van der Waals surface area contributed by atoms with Crippen molar-refractivity contribution in [2.75, 3.05) is 0 Å². The number of carbonyl (C=O) groups excluding carboxylic acids is 1. The Balaban J connectivity index is 2.94. The predicted octanol–water partition coefficient (Wildman–Crippen LogP) is 3.40. The van der Waals surface area contributed by atoms with Crippen molar-refractivity contribution >= 4 is 39.6 Å². The second-order valence-corrected chi connectivity index (χ2v) is 4.09. The van der Waals surface area contributed by atoms with Crippen LogP contribution in [0.1, 0.15) is 10.4 Å². The van der Waals surface area contributed by atoms with Gasteiger partial charge in [-0.05, 0) is 34.0 Å². The van der Waals surface area contributed by atoms with Gasteiger partial charge in [-0.3, -0.25) is 4.79 Å². The molecule has 0 spiro atoms. The van der Waals surface area contributed by atoms with Crippen molar-refractivity contribution in [3.63, 3.8) is 0 Å². The van der Waals surface area contributed by atoms with Crippen molar-refractivity contribution in [1.29, 1.82) is 0 Å². The van der Waals surface area contributed by atoms with Crippen LogP contribution in [0.25, 0.3) is 10.8 Å². The van der Waals surface area contributed by atoms with Crippen LogP contribution >= 0.6 is 22.6 Å². The Labute approximate surface area is 94.1 Å². The van der Waals surface area contributed by atoms with Gasteiger partial charge in [-0.1, -0.05) is 24.3 Å². The molecule has 0 bridgehead atoms. The van der Waals surface area contributed by atoms with E-state index in [1.165, 1.54) is 0 Å². The molecule has 0 aliphatic heterocycles. The summed E-state index contributed by atoms with van der Waals surface area (Å²) < 4.78 is 14.5. The van der Waals surface area contributed by atoms with Gasteiger partial charge >= 0.3 is 0 Å². The fourth-order valence-corrected chi connectivity index (χ4v) is 2.21. The van der Waals surface area contributed by atoms with E-state index in [1.807, 2.05) is 12.1 Å². The lowest BCUT2D eigenvalue weighted by Gasteiger charge is -2.03. The summed E-state index contributed by atoms with van der Waals surface area (Å²) in [6.07, 6.45) is 0.546. The largest absolute Gasteiger partial charge is 0.298 e. The minimum atomic E-state index is -0.434. The van der Waals surface area contributed by atoms with Crippen LogP contribution in [0.15, 0.2) is 30.3 Å². The van der Waals surface area contributed by atoms with Gasteiger partial charge in [0.25, 0.3) is 0 Å². The van der Waals surface area contributed by atoms with Gasteiger partial charge in [-0.15, -0.1) is 0 Å². The highest BCUT2D eigenvalue weighted by Gasteiger charge is 2.08. The van der Waals surface area contributed by atoms with Crippen LogP contribution in [0.2, 0.25) is 0 Å². The molecule has 0 heterocycles. The normalized spacial score (nSPS) is 10.4. The van der Waals surface area contributed by atoms with Crippen LogP contribution in [0.5, 0.6) is 0 Å². The Morgan fingerprint density at radius 3 is 2.50 bits per heavy atom. The predicted molar refractivity (Wildman–Crippen MR) is 62.0 cm³/mol. The third-order valence-corrected chi connectivity index (χ3v) is 2.98. The van der Waals surface area contributed by atoms with Crippen LogP contribution in [0, 0.1) is 9.39 Å². The average Bonchev–Trinajstić information content (AvgIpc) is 2.23. The lowest BCUT2D eigenvalue weighted by molar-refractivity contribution is 0.112. The molecule has 2 aromatic rings. The summed E-state index contributed by atoms with van der Waals surface area (Å²) in [5, 5.41) is 1.35. The van der Waals surface area contributed by atoms with E-state index in [2.05, 4.69) is 22.6 Å². The summed E-state index contributed by atoms with van der Waals surface area (Å²) in [4.78, 5) is 10.6. The van der Waals surface area contributed by atoms with Crippen molar-refractivity contribution in [3.8, 4) is 0 Å². The first-order valence-electron chi connectivity index (χ1n) is 4.06. The number of carbonyl (C=O) groups is 1. The molecule has 14 heavy (non-hydrogen) atoms. The van der Waals surface area contributed by atoms with E-state index in [-0.39, 0.29) is 5.56 Å². The van der Waals surface area contributed by atoms with Crippen LogP contribution in [-0.2, 0) is 0 Å². The van der Waals surface area contributed by atoms with Crippen molar-refractivity contribution in [3.05, 3.63) is 45.3 Å². The van der Waals surface area contributed by atoms with E-state index in [4.69, 9.17) is 0 Å². The summed E-state index contributed by atoms with van der Waals surface area (Å²) in [7, 11) is 0. The summed E-state index contributed by atoms with van der Waals surface area (Å²) in [6, 6.07) is 8.69. The third kappa shape index (κ3) is 1.41. The zero-order valence-electron chi connectivity index (χ0n) is 7.13. The van der Waals surface area contributed by atoms with Gasteiger partial charge in [0.05, 0.1) is 5.56 Å². The topological polar surface area (TPSA) is 17.1 Å². The Morgan fingerprint density at radius 1 is 1.21 bits per heavy atom. The van der Waals surface area contributed by atoms with Gasteiger partial charge in [0.15, 0.2) is 6.29 Å². The lowest BCUT2D eigenvalue weighted by Crippen LogP contribution is -1.91. The SMILES string of the molecule is O=Cc1cc(I)c2ccccc2c1F. The number of fused-ring (bicyclic) bond motifs is 1. The Bertz CT molecular complexity index is 508. The molecule has 0 amide bonds.